The third kappa shape index (κ3) is 3.44. The number of ether oxygens (including phenoxy) is 2. The number of benzene rings is 2. The summed E-state index contributed by atoms with van der Waals surface area (Å²) in [4.78, 5) is 28.8. The van der Waals surface area contributed by atoms with E-state index in [1.54, 1.807) is 54.9 Å². The first kappa shape index (κ1) is 16.1. The van der Waals surface area contributed by atoms with E-state index >= 15 is 0 Å². The predicted molar refractivity (Wildman–Crippen MR) is 90.9 cm³/mol. The Bertz CT molecular complexity index is 860. The second-order valence-corrected chi connectivity index (χ2v) is 5.87. The molecule has 3 rings (SSSR count). The highest BCUT2D eigenvalue weighted by Gasteiger charge is 2.27. The summed E-state index contributed by atoms with van der Waals surface area (Å²) >= 11 is 1.44. The van der Waals surface area contributed by atoms with Gasteiger partial charge in [0.1, 0.15) is 0 Å². The van der Waals surface area contributed by atoms with Gasteiger partial charge in [-0.1, -0.05) is 30.3 Å². The molecule has 0 aliphatic rings. The van der Waals surface area contributed by atoms with E-state index in [4.69, 9.17) is 9.47 Å². The van der Waals surface area contributed by atoms with Gasteiger partial charge in [-0.25, -0.2) is 14.6 Å². The lowest BCUT2D eigenvalue weighted by Gasteiger charge is -2.16. The van der Waals surface area contributed by atoms with Crippen molar-refractivity contribution in [1.29, 1.82) is 0 Å². The molecule has 1 atom stereocenters. The van der Waals surface area contributed by atoms with Gasteiger partial charge in [-0.3, -0.25) is 0 Å². The Morgan fingerprint density at radius 3 is 2.71 bits per heavy atom. The predicted octanol–water partition coefficient (Wildman–Crippen LogP) is 3.76. The number of rotatable bonds is 5. The van der Waals surface area contributed by atoms with Crippen molar-refractivity contribution in [1.82, 2.24) is 4.98 Å². The van der Waals surface area contributed by atoms with Gasteiger partial charge in [0.15, 0.2) is 0 Å². The molecule has 122 valence electrons. The lowest BCUT2D eigenvalue weighted by atomic mass is 10.1. The molecule has 0 amide bonds. The zero-order chi connectivity index (χ0) is 16.9. The zero-order valence-electron chi connectivity index (χ0n) is 13.0. The Labute approximate surface area is 142 Å². The summed E-state index contributed by atoms with van der Waals surface area (Å²) in [6.45, 7) is 1.92. The molecule has 0 saturated carbocycles. The highest BCUT2D eigenvalue weighted by atomic mass is 32.1. The molecule has 0 radical (unpaired) electrons. The zero-order valence-corrected chi connectivity index (χ0v) is 13.8. The SMILES string of the molecule is CCOC(=O)C(OC(=O)c1ccc2ncsc2c1)c1ccccc1. The molecule has 1 heterocycles. The molecule has 0 saturated heterocycles. The van der Waals surface area contributed by atoms with E-state index in [1.165, 1.54) is 11.3 Å². The summed E-state index contributed by atoms with van der Waals surface area (Å²) in [7, 11) is 0. The quantitative estimate of drug-likeness (QED) is 0.661. The van der Waals surface area contributed by atoms with E-state index in [0.717, 1.165) is 10.2 Å². The van der Waals surface area contributed by atoms with Gasteiger partial charge in [-0.15, -0.1) is 11.3 Å². The van der Waals surface area contributed by atoms with Gasteiger partial charge in [-0.2, -0.15) is 0 Å². The number of hydrogen-bond donors (Lipinski definition) is 0. The van der Waals surface area contributed by atoms with Crippen LogP contribution in [0.2, 0.25) is 0 Å². The van der Waals surface area contributed by atoms with Crippen LogP contribution in [0.4, 0.5) is 0 Å². The second kappa shape index (κ2) is 7.23. The van der Waals surface area contributed by atoms with Crippen LogP contribution in [-0.2, 0) is 14.3 Å². The van der Waals surface area contributed by atoms with Crippen LogP contribution >= 0.6 is 11.3 Å². The maximum atomic E-state index is 12.5. The van der Waals surface area contributed by atoms with Crippen LogP contribution in [0.15, 0.2) is 54.0 Å². The number of nitrogens with zero attached hydrogens (tertiary/aromatic N) is 1. The summed E-state index contributed by atoms with van der Waals surface area (Å²) in [5.41, 5.74) is 3.48. The first-order chi connectivity index (χ1) is 11.7. The van der Waals surface area contributed by atoms with Crippen molar-refractivity contribution in [2.24, 2.45) is 0 Å². The van der Waals surface area contributed by atoms with Crippen molar-refractivity contribution < 1.29 is 19.1 Å². The first-order valence-electron chi connectivity index (χ1n) is 7.45. The number of aromatic nitrogens is 1. The molecule has 0 aliphatic carbocycles. The minimum Gasteiger partial charge on any atom is -0.463 e. The molecule has 6 heteroatoms. The number of fused-ring (bicyclic) bond motifs is 1. The molecule has 0 N–H and O–H groups in total. The number of esters is 2. The molecule has 3 aromatic rings. The van der Waals surface area contributed by atoms with E-state index < -0.39 is 18.0 Å². The van der Waals surface area contributed by atoms with Gasteiger partial charge in [0.05, 0.1) is 27.9 Å². The van der Waals surface area contributed by atoms with Crippen LogP contribution in [0.25, 0.3) is 10.2 Å². The summed E-state index contributed by atoms with van der Waals surface area (Å²) in [5, 5.41) is 0. The fourth-order valence-corrected chi connectivity index (χ4v) is 2.97. The van der Waals surface area contributed by atoms with E-state index in [9.17, 15) is 9.59 Å². The molecule has 0 aliphatic heterocycles. The van der Waals surface area contributed by atoms with Crippen LogP contribution in [0.1, 0.15) is 28.9 Å². The van der Waals surface area contributed by atoms with E-state index in [2.05, 4.69) is 4.98 Å². The minimum absolute atomic E-state index is 0.215. The van der Waals surface area contributed by atoms with Gasteiger partial charge in [0, 0.05) is 5.56 Å². The molecule has 0 bridgehead atoms. The first-order valence-corrected chi connectivity index (χ1v) is 8.33. The van der Waals surface area contributed by atoms with Crippen LogP contribution in [-0.4, -0.2) is 23.5 Å². The summed E-state index contributed by atoms with van der Waals surface area (Å²) in [5.74, 6) is -1.16. The normalized spacial score (nSPS) is 11.9. The molecule has 24 heavy (non-hydrogen) atoms. The molecular weight excluding hydrogens is 326 g/mol. The lowest BCUT2D eigenvalue weighted by molar-refractivity contribution is -0.153. The maximum absolute atomic E-state index is 12.5. The lowest BCUT2D eigenvalue weighted by Crippen LogP contribution is -2.22. The van der Waals surface area contributed by atoms with E-state index in [1.807, 2.05) is 6.07 Å². The van der Waals surface area contributed by atoms with Crippen LogP contribution in [0.5, 0.6) is 0 Å². The highest BCUT2D eigenvalue weighted by Crippen LogP contribution is 2.23. The molecule has 1 unspecified atom stereocenters. The number of hydrogen-bond acceptors (Lipinski definition) is 6. The van der Waals surface area contributed by atoms with Crippen LogP contribution in [0, 0.1) is 0 Å². The number of thiazole rings is 1. The number of carbonyl (C=O) groups excluding carboxylic acids is 2. The average molecular weight is 341 g/mol. The number of carbonyl (C=O) groups is 2. The largest absolute Gasteiger partial charge is 0.463 e. The highest BCUT2D eigenvalue weighted by molar-refractivity contribution is 7.16. The van der Waals surface area contributed by atoms with Crippen molar-refractivity contribution in [3.63, 3.8) is 0 Å². The second-order valence-electron chi connectivity index (χ2n) is 4.98. The fourth-order valence-electron chi connectivity index (χ4n) is 2.26. The fraction of sp³-hybridized carbons (Fsp3) is 0.167. The Kier molecular flexibility index (Phi) is 4.86. The third-order valence-corrected chi connectivity index (χ3v) is 4.19. The van der Waals surface area contributed by atoms with Gasteiger partial charge >= 0.3 is 11.9 Å². The molecule has 1 aromatic heterocycles. The van der Waals surface area contributed by atoms with E-state index in [-0.39, 0.29) is 6.61 Å². The van der Waals surface area contributed by atoms with Crippen molar-refractivity contribution in [3.8, 4) is 0 Å². The molecule has 0 spiro atoms. The summed E-state index contributed by atoms with van der Waals surface area (Å²) in [6, 6.07) is 13.9. The molecule has 5 nitrogen and oxygen atoms in total. The molecule has 0 fully saturated rings. The Balaban J connectivity index is 1.85. The average Bonchev–Trinajstić information content (AvgIpc) is 3.08. The monoisotopic (exact) mass is 341 g/mol. The van der Waals surface area contributed by atoms with Gasteiger partial charge in [0.25, 0.3) is 0 Å². The van der Waals surface area contributed by atoms with Crippen molar-refractivity contribution in [2.45, 2.75) is 13.0 Å². The van der Waals surface area contributed by atoms with Crippen LogP contribution in [0.3, 0.4) is 0 Å². The molecule has 2 aromatic carbocycles. The Morgan fingerprint density at radius 1 is 1.17 bits per heavy atom. The minimum atomic E-state index is -1.09. The Morgan fingerprint density at radius 2 is 1.96 bits per heavy atom. The molecular formula is C18H15NO4S. The van der Waals surface area contributed by atoms with Crippen molar-refractivity contribution in [3.05, 3.63) is 65.2 Å². The topological polar surface area (TPSA) is 65.5 Å². The standard InChI is InChI=1S/C18H15NO4S/c1-2-22-18(21)16(12-6-4-3-5-7-12)23-17(20)13-8-9-14-15(10-13)24-11-19-14/h3-11,16H,2H2,1H3. The summed E-state index contributed by atoms with van der Waals surface area (Å²) in [6.07, 6.45) is -1.09. The Hall–Kier alpha value is -2.73. The third-order valence-electron chi connectivity index (χ3n) is 3.39. The van der Waals surface area contributed by atoms with Gasteiger partial charge < -0.3 is 9.47 Å². The smallest absolute Gasteiger partial charge is 0.352 e. The van der Waals surface area contributed by atoms with Crippen molar-refractivity contribution in [2.75, 3.05) is 6.61 Å². The van der Waals surface area contributed by atoms with Crippen LogP contribution < -0.4 is 0 Å². The van der Waals surface area contributed by atoms with Gasteiger partial charge in [0.2, 0.25) is 6.10 Å². The van der Waals surface area contributed by atoms with E-state index in [0.29, 0.717) is 11.1 Å². The van der Waals surface area contributed by atoms with Crippen molar-refractivity contribution >= 4 is 33.5 Å². The summed E-state index contributed by atoms with van der Waals surface area (Å²) < 4.78 is 11.3. The van der Waals surface area contributed by atoms with Gasteiger partial charge in [-0.05, 0) is 25.1 Å². The maximum Gasteiger partial charge on any atom is 0.352 e.